The first kappa shape index (κ1) is 131. The van der Waals surface area contributed by atoms with Crippen molar-refractivity contribution >= 4 is 73.4 Å². The number of ether oxygens (including phenoxy) is 8. The zero-order valence-corrected chi connectivity index (χ0v) is 77.9. The smallest absolute Gasteiger partial charge is 0.524 e. The first-order valence-corrected chi connectivity index (χ1v) is 41.0. The third-order valence-electron chi connectivity index (χ3n) is 18.9. The van der Waals surface area contributed by atoms with Crippen molar-refractivity contribution in [2.45, 2.75) is 172 Å². The Morgan fingerprint density at radius 2 is 1.00 bits per heavy atom. The number of carboxylic acids is 1. The molecule has 1 unspecified atom stereocenters. The fourth-order valence-electron chi connectivity index (χ4n) is 11.3. The molecule has 0 saturated carbocycles. The standard InChI is InChI=1S/C15H22N2O3.C13H16O3.C10H13NO3.C9H11NO3.C9H10NO2.C9H9NO2.C8H15BO2.C7H6ClNO2.C7H6O3.C6H13NO.5CH4.Na/c1-20-10-7-14-13(6-4-8-16-14)15(19)17-9-3-2-5-12(17)11-18;1-2-3-4-5-9-16-13-8-6-7-12(15)11(13)10-14;1-13-7-5-9-8(10(12)14-2)4-3-6-11-9;1-13-6-4-8-7(9(11)12)3-2-5-10-8;1-12-6-4-9-8(7-11)3-2-5-10-9;1-3-8-7(9(11)12-2)5-4-6-10-8;1-6-9-10-7(2,3)8(4,5)11-9;1-11-7(10)5-3-2-4-9-6(5)8;8-4-5-6(9)2-1-3-7(5)10;8-5-6-3-1-2-4-7-6;;;;;;/h4,6,8,12,18H,2-3,5,7,9-11H2,1H3;5-8,10,15H,1-4,9H2;3-4,6H,5,7H2,1-2H3;2-3,5H,4,6H2,1H3,(H,11,12);2-3,5H,4,6H2,1H3;3-6H,1H2,2H3;6H,1H2,2-5H3;2-4H,1H3;1-4,9-10H;6-8H,1-5H2;5*1H4;/q;-2;;;-1;;;;;;;;;;;+1/t12-;;;;;;;;;;;;;;;/m0.............../s1. The number of aldehydes is 2. The van der Waals surface area contributed by atoms with Gasteiger partial charge in [0, 0.05) is 97.9 Å². The molecule has 9 heterocycles. The van der Waals surface area contributed by atoms with Crippen LogP contribution in [0.2, 0.25) is 5.15 Å². The minimum Gasteiger partial charge on any atom is -0.524 e. The van der Waals surface area contributed by atoms with Crippen molar-refractivity contribution in [3.8, 4) is 23.0 Å². The largest absolute Gasteiger partial charge is 1.00 e. The van der Waals surface area contributed by atoms with E-state index in [2.05, 4.69) is 69.5 Å². The number of aromatic carboxylic acids is 1. The van der Waals surface area contributed by atoms with Crippen molar-refractivity contribution in [1.29, 1.82) is 0 Å². The maximum Gasteiger partial charge on any atom is 1.00 e. The van der Waals surface area contributed by atoms with Gasteiger partial charge >= 0.3 is 60.6 Å². The van der Waals surface area contributed by atoms with Gasteiger partial charge in [0.15, 0.2) is 12.6 Å². The molecule has 32 nitrogen and oxygen atoms in total. The minimum atomic E-state index is -0.945. The van der Waals surface area contributed by atoms with Crippen molar-refractivity contribution in [2.75, 3.05) is 109 Å². The summed E-state index contributed by atoms with van der Waals surface area (Å²) in [5, 5.41) is 57.4. The molecule has 2 atom stereocenters. The SMILES string of the molecule is C.C.C.C.C.C=CB1OC(C)(C)C(C)(C)O1.C=Cc1ncccc1C(=O)OC.COC(=O)c1cccnc1Cl.COCCc1ncccc1C(=O)N1CCCC[C@H]1CO.COCCc1ncccc1C(=O)O.COCCc1ncccc1C(=O)OC.COCCc1ncccc1[C-]=O.O=Cc1c(O)cccc1O.OCC1CCCCN1.[CH2-]CCC[CH-]COc1cccc(O)c1C=O.[Na+]. The van der Waals surface area contributed by atoms with Gasteiger partial charge in [-0.3, -0.25) is 40.7 Å². The number of rotatable bonds is 30. The molecule has 11 rings (SSSR count). The van der Waals surface area contributed by atoms with Gasteiger partial charge in [-0.1, -0.05) is 85.5 Å². The number of carboxylic acid groups (broad SMARTS) is 1. The van der Waals surface area contributed by atoms with Gasteiger partial charge in [0.1, 0.15) is 28.2 Å². The number of aromatic nitrogens is 6. The van der Waals surface area contributed by atoms with Gasteiger partial charge in [0.2, 0.25) is 0 Å². The summed E-state index contributed by atoms with van der Waals surface area (Å²) >= 11 is 5.59. The number of nitrogens with one attached hydrogen (secondary N) is 1. The number of halogens is 1. The molecule has 3 aliphatic rings. The molecule has 730 valence electrons. The number of hydrogen-bond acceptors (Lipinski definition) is 30. The Hall–Kier alpha value is -10.6. The van der Waals surface area contributed by atoms with Gasteiger partial charge in [-0.05, 0) is 177 Å². The molecule has 3 saturated heterocycles. The average molecular weight is 1880 g/mol. The van der Waals surface area contributed by atoms with Crippen molar-refractivity contribution in [1.82, 2.24) is 40.1 Å². The number of hydrogen-bond donors (Lipinski definition) is 7. The molecule has 8 aromatic rings. The number of pyridine rings is 6. The molecule has 0 aliphatic carbocycles. The van der Waals surface area contributed by atoms with Crippen LogP contribution in [-0.2, 0) is 72.9 Å². The summed E-state index contributed by atoms with van der Waals surface area (Å²) in [5.74, 6) is -0.542. The number of nitrogens with zero attached hydrogens (tertiary/aromatic N) is 7. The molecule has 0 spiro atoms. The van der Waals surface area contributed by atoms with Crippen molar-refractivity contribution in [2.24, 2.45) is 0 Å². The summed E-state index contributed by atoms with van der Waals surface area (Å²) in [6.45, 7) is 23.7. The van der Waals surface area contributed by atoms with Gasteiger partial charge < -0.3 is 105 Å². The second-order valence-electron chi connectivity index (χ2n) is 28.1. The number of aliphatic hydroxyl groups excluding tert-OH is 2. The Bertz CT molecular complexity index is 4550. The van der Waals surface area contributed by atoms with Crippen LogP contribution >= 0.6 is 11.6 Å². The molecule has 1 amide bonds. The minimum absolute atomic E-state index is 0. The van der Waals surface area contributed by atoms with E-state index >= 15 is 0 Å². The van der Waals surface area contributed by atoms with Crippen molar-refractivity contribution < 1.29 is 146 Å². The molecule has 35 heteroatoms. The van der Waals surface area contributed by atoms with E-state index < -0.39 is 17.9 Å². The zero-order chi connectivity index (χ0) is 94.4. The van der Waals surface area contributed by atoms with Crippen LogP contribution in [-0.4, -0.2) is 254 Å². The zero-order valence-electron chi connectivity index (χ0n) is 75.2. The van der Waals surface area contributed by atoms with Gasteiger partial charge in [0.05, 0.1) is 140 Å². The number of methoxy groups -OCH3 is 7. The number of carbonyl (C=O) groups excluding carboxylic acids is 7. The Balaban J connectivity index is -0.000000458. The van der Waals surface area contributed by atoms with Crippen LogP contribution in [0.5, 0.6) is 23.0 Å². The summed E-state index contributed by atoms with van der Waals surface area (Å²) in [5.41, 5.74) is 5.64. The molecule has 0 bridgehead atoms. The van der Waals surface area contributed by atoms with E-state index in [-0.39, 0.29) is 154 Å². The summed E-state index contributed by atoms with van der Waals surface area (Å²) in [4.78, 5) is 114. The van der Waals surface area contributed by atoms with Crippen LogP contribution in [0.15, 0.2) is 166 Å². The molecule has 6 aromatic heterocycles. The molecule has 0 radical (unpaired) electrons. The molecular weight excluding hydrogens is 1740 g/mol. The van der Waals surface area contributed by atoms with Crippen LogP contribution in [0, 0.1) is 13.3 Å². The molecule has 7 N–H and O–H groups in total. The van der Waals surface area contributed by atoms with Crippen molar-refractivity contribution in [3.05, 3.63) is 257 Å². The number of amides is 1. The number of piperidine rings is 2. The van der Waals surface area contributed by atoms with Crippen molar-refractivity contribution in [3.63, 3.8) is 0 Å². The number of esters is 3. The van der Waals surface area contributed by atoms with E-state index in [0.29, 0.717) is 136 Å². The number of aromatic hydroxyl groups is 3. The van der Waals surface area contributed by atoms with E-state index in [1.807, 2.05) is 46.5 Å². The van der Waals surface area contributed by atoms with Gasteiger partial charge in [-0.15, -0.1) is 24.6 Å². The van der Waals surface area contributed by atoms with Gasteiger partial charge in [-0.25, -0.2) is 24.2 Å². The van der Waals surface area contributed by atoms with Crippen LogP contribution in [0.4, 0.5) is 0 Å². The number of carbonyl (C=O) groups is 7. The fourth-order valence-corrected chi connectivity index (χ4v) is 11.5. The second kappa shape index (κ2) is 76.8. The third-order valence-corrected chi connectivity index (χ3v) is 19.2. The van der Waals surface area contributed by atoms with Crippen LogP contribution in [0.3, 0.4) is 0 Å². The molecule has 133 heavy (non-hydrogen) atoms. The maximum atomic E-state index is 12.7. The normalized spacial score (nSPS) is 13.3. The molecule has 2 aromatic carbocycles. The van der Waals surface area contributed by atoms with E-state index in [4.69, 9.17) is 65.0 Å². The first-order chi connectivity index (χ1) is 61.1. The first-order valence-electron chi connectivity index (χ1n) is 40.6. The Labute approximate surface area is 814 Å². The predicted molar refractivity (Wildman–Crippen MR) is 515 cm³/mol. The summed E-state index contributed by atoms with van der Waals surface area (Å²) in [7, 11) is 10.2. The molecule has 3 aliphatic heterocycles. The molecule has 3 fully saturated rings. The third kappa shape index (κ3) is 48.7. The van der Waals surface area contributed by atoms with E-state index in [1.165, 1.54) is 70.7 Å². The monoisotopic (exact) mass is 1880 g/mol. The molecular formula is C98H141BClN8NaO24-2. The summed E-state index contributed by atoms with van der Waals surface area (Å²) in [6.07, 6.45) is 28.0. The Morgan fingerprint density at radius 3 is 1.43 bits per heavy atom. The van der Waals surface area contributed by atoms with Gasteiger partial charge in [0.25, 0.3) is 5.91 Å². The Kier molecular flexibility index (Phi) is 75.5. The number of phenolic OH excluding ortho intramolecular Hbond substituents is 3. The quantitative estimate of drug-likeness (QED) is 0.00418. The van der Waals surface area contributed by atoms with E-state index in [1.54, 1.807) is 149 Å². The maximum absolute atomic E-state index is 12.7. The Morgan fingerprint density at radius 1 is 0.571 bits per heavy atom. The summed E-state index contributed by atoms with van der Waals surface area (Å²) in [6, 6.07) is 29.3. The average Bonchev–Trinajstić information content (AvgIpc) is 1.64. The fraction of sp³-hybridized carbons (Fsp3) is 0.429. The van der Waals surface area contributed by atoms with Gasteiger partial charge in [-0.2, -0.15) is 18.9 Å². The number of likely N-dealkylation sites (tertiary alicyclic amines) is 1. The predicted octanol–water partition coefficient (Wildman–Crippen LogP) is 12.9. The number of aliphatic hydroxyl groups is 2. The summed E-state index contributed by atoms with van der Waals surface area (Å²) < 4.78 is 49.9. The number of benzene rings is 2. The van der Waals surface area contributed by atoms with Crippen LogP contribution < -0.4 is 39.6 Å². The van der Waals surface area contributed by atoms with E-state index in [9.17, 15) is 48.6 Å². The number of phenols is 3. The topological polar surface area (TPSA) is 443 Å². The van der Waals surface area contributed by atoms with Crippen LogP contribution in [0.1, 0.15) is 229 Å². The number of unbranched alkanes of at least 4 members (excludes halogenated alkanes) is 3. The van der Waals surface area contributed by atoms with E-state index in [0.717, 1.165) is 62.9 Å². The van der Waals surface area contributed by atoms with Crippen LogP contribution in [0.25, 0.3) is 6.08 Å². The second-order valence-corrected chi connectivity index (χ2v) is 28.4.